The average molecular weight is 369 g/mol. The Morgan fingerprint density at radius 3 is 2.38 bits per heavy atom. The first-order chi connectivity index (χ1) is 12.7. The lowest BCUT2D eigenvalue weighted by atomic mass is 10.2. The highest BCUT2D eigenvalue weighted by Crippen LogP contribution is 2.17. The molecule has 1 saturated carbocycles. The molecule has 2 aromatic carbocycles. The van der Waals surface area contributed by atoms with E-state index in [0.717, 1.165) is 24.2 Å². The molecule has 0 saturated heterocycles. The lowest BCUT2D eigenvalue weighted by molar-refractivity contribution is 0.0943. The maximum atomic E-state index is 12.2. The number of carbonyl (C=O) groups is 1. The Morgan fingerprint density at radius 1 is 1.00 bits per heavy atom. The summed E-state index contributed by atoms with van der Waals surface area (Å²) in [7, 11) is 0. The Balaban J connectivity index is 1.43. The molecule has 5 nitrogen and oxygen atoms in total. The number of carbonyl (C=O) groups excluding carboxylic acids is 1. The third kappa shape index (κ3) is 5.46. The van der Waals surface area contributed by atoms with Crippen LogP contribution in [0.1, 0.15) is 41.6 Å². The summed E-state index contributed by atoms with van der Waals surface area (Å²) in [5, 5.41) is 3.66. The number of rotatable bonds is 5. The van der Waals surface area contributed by atoms with Gasteiger partial charge in [-0.1, -0.05) is 43.2 Å². The van der Waals surface area contributed by atoms with Crippen LogP contribution in [-0.2, 0) is 6.61 Å². The Morgan fingerprint density at radius 2 is 1.69 bits per heavy atom. The summed E-state index contributed by atoms with van der Waals surface area (Å²) in [5.41, 5.74) is 7.01. The number of benzene rings is 2. The molecule has 0 unspecified atom stereocenters. The summed E-state index contributed by atoms with van der Waals surface area (Å²) in [6.45, 7) is 0.495. The van der Waals surface area contributed by atoms with Gasteiger partial charge in [0.1, 0.15) is 12.4 Å². The molecule has 3 rings (SSSR count). The Labute approximate surface area is 159 Å². The number of nitrogens with one attached hydrogen (secondary N) is 3. The van der Waals surface area contributed by atoms with Crippen molar-refractivity contribution in [2.75, 3.05) is 0 Å². The zero-order valence-electron chi connectivity index (χ0n) is 14.5. The van der Waals surface area contributed by atoms with E-state index in [0.29, 0.717) is 23.3 Å². The van der Waals surface area contributed by atoms with Crippen molar-refractivity contribution in [3.8, 4) is 5.75 Å². The fourth-order valence-electron chi connectivity index (χ4n) is 2.92. The first kappa shape index (κ1) is 18.2. The number of hydrogen-bond donors (Lipinski definition) is 3. The predicted molar refractivity (Wildman–Crippen MR) is 106 cm³/mol. The molecule has 6 heteroatoms. The fourth-order valence-corrected chi connectivity index (χ4v) is 3.14. The largest absolute Gasteiger partial charge is 0.489 e. The summed E-state index contributed by atoms with van der Waals surface area (Å²) in [6.07, 6.45) is 4.71. The van der Waals surface area contributed by atoms with Crippen LogP contribution in [0, 0.1) is 0 Å². The molecule has 0 aromatic heterocycles. The smallest absolute Gasteiger partial charge is 0.269 e. The van der Waals surface area contributed by atoms with Gasteiger partial charge in [0.2, 0.25) is 0 Å². The highest BCUT2D eigenvalue weighted by molar-refractivity contribution is 7.80. The van der Waals surface area contributed by atoms with Crippen LogP contribution in [0.5, 0.6) is 5.75 Å². The van der Waals surface area contributed by atoms with Gasteiger partial charge in [0.25, 0.3) is 5.91 Å². The molecule has 1 amide bonds. The van der Waals surface area contributed by atoms with Gasteiger partial charge in [0, 0.05) is 11.6 Å². The van der Waals surface area contributed by atoms with Crippen molar-refractivity contribution >= 4 is 23.2 Å². The van der Waals surface area contributed by atoms with Crippen molar-refractivity contribution in [2.45, 2.75) is 38.3 Å². The van der Waals surface area contributed by atoms with Gasteiger partial charge in [-0.2, -0.15) is 0 Å². The number of thiocarbonyl (C=S) groups is 1. The second kappa shape index (κ2) is 9.20. The maximum Gasteiger partial charge on any atom is 0.269 e. The van der Waals surface area contributed by atoms with Crippen LogP contribution in [-0.4, -0.2) is 17.1 Å². The second-order valence-electron chi connectivity index (χ2n) is 6.33. The number of hydrazine groups is 1. The van der Waals surface area contributed by atoms with Crippen LogP contribution in [0.3, 0.4) is 0 Å². The standard InChI is InChI=1S/C20H23N3O2S/c24-19(22-23-20(26)21-17-8-4-5-9-17)16-10-12-18(13-11-16)25-14-15-6-2-1-3-7-15/h1-3,6-7,10-13,17H,4-5,8-9,14H2,(H,22,24)(H2,21,23,26). The number of hydrogen-bond acceptors (Lipinski definition) is 3. The molecule has 1 aliphatic carbocycles. The minimum absolute atomic E-state index is 0.241. The first-order valence-corrected chi connectivity index (χ1v) is 9.25. The topological polar surface area (TPSA) is 62.4 Å². The highest BCUT2D eigenvalue weighted by Gasteiger charge is 2.15. The monoisotopic (exact) mass is 369 g/mol. The molecule has 2 aromatic rings. The van der Waals surface area contributed by atoms with E-state index in [1.807, 2.05) is 30.3 Å². The zero-order valence-corrected chi connectivity index (χ0v) is 15.4. The molecule has 0 heterocycles. The van der Waals surface area contributed by atoms with E-state index in [4.69, 9.17) is 17.0 Å². The van der Waals surface area contributed by atoms with Gasteiger partial charge in [-0.3, -0.25) is 15.6 Å². The lowest BCUT2D eigenvalue weighted by Gasteiger charge is -2.16. The summed E-state index contributed by atoms with van der Waals surface area (Å²) >= 11 is 5.20. The van der Waals surface area contributed by atoms with E-state index in [1.165, 1.54) is 12.8 Å². The maximum absolute atomic E-state index is 12.2. The SMILES string of the molecule is O=C(NNC(=S)NC1CCCC1)c1ccc(OCc2ccccc2)cc1. The fraction of sp³-hybridized carbons (Fsp3) is 0.300. The molecule has 3 N–H and O–H groups in total. The molecular weight excluding hydrogens is 346 g/mol. The number of ether oxygens (including phenoxy) is 1. The van der Waals surface area contributed by atoms with E-state index in [2.05, 4.69) is 16.2 Å². The van der Waals surface area contributed by atoms with Crippen LogP contribution >= 0.6 is 12.2 Å². The summed E-state index contributed by atoms with van der Waals surface area (Å²) < 4.78 is 5.72. The van der Waals surface area contributed by atoms with E-state index >= 15 is 0 Å². The van der Waals surface area contributed by atoms with Crippen LogP contribution in [0.4, 0.5) is 0 Å². The molecule has 1 fully saturated rings. The van der Waals surface area contributed by atoms with Crippen LogP contribution < -0.4 is 20.9 Å². The second-order valence-corrected chi connectivity index (χ2v) is 6.74. The first-order valence-electron chi connectivity index (χ1n) is 8.84. The van der Waals surface area contributed by atoms with Crippen molar-refractivity contribution < 1.29 is 9.53 Å². The molecule has 1 aliphatic rings. The predicted octanol–water partition coefficient (Wildman–Crippen LogP) is 3.32. The van der Waals surface area contributed by atoms with E-state index in [9.17, 15) is 4.79 Å². The van der Waals surface area contributed by atoms with Gasteiger partial charge in [-0.25, -0.2) is 0 Å². The third-order valence-corrected chi connectivity index (χ3v) is 4.56. The van der Waals surface area contributed by atoms with Crippen LogP contribution in [0.2, 0.25) is 0 Å². The molecule has 0 bridgehead atoms. The molecule has 0 aliphatic heterocycles. The van der Waals surface area contributed by atoms with E-state index in [-0.39, 0.29) is 5.91 Å². The van der Waals surface area contributed by atoms with Gasteiger partial charge >= 0.3 is 0 Å². The molecule has 0 spiro atoms. The van der Waals surface area contributed by atoms with Crippen molar-refractivity contribution in [2.24, 2.45) is 0 Å². The quantitative estimate of drug-likeness (QED) is 0.557. The highest BCUT2D eigenvalue weighted by atomic mass is 32.1. The molecule has 0 atom stereocenters. The van der Waals surface area contributed by atoms with Crippen molar-refractivity contribution in [1.29, 1.82) is 0 Å². The van der Waals surface area contributed by atoms with Crippen LogP contribution in [0.15, 0.2) is 54.6 Å². The third-order valence-electron chi connectivity index (χ3n) is 4.34. The van der Waals surface area contributed by atoms with Gasteiger partial charge < -0.3 is 10.1 Å². The lowest BCUT2D eigenvalue weighted by Crippen LogP contribution is -2.49. The average Bonchev–Trinajstić information content (AvgIpc) is 3.18. The minimum Gasteiger partial charge on any atom is -0.489 e. The van der Waals surface area contributed by atoms with Gasteiger partial charge in [0.05, 0.1) is 0 Å². The van der Waals surface area contributed by atoms with Crippen molar-refractivity contribution in [1.82, 2.24) is 16.2 Å². The summed E-state index contributed by atoms with van der Waals surface area (Å²) in [6, 6.07) is 17.4. The molecular formula is C20H23N3O2S. The molecule has 136 valence electrons. The summed E-state index contributed by atoms with van der Waals surface area (Å²) in [5.74, 6) is 0.479. The Bertz CT molecular complexity index is 728. The van der Waals surface area contributed by atoms with E-state index < -0.39 is 0 Å². The molecule has 0 radical (unpaired) electrons. The van der Waals surface area contributed by atoms with Gasteiger partial charge in [-0.05, 0) is 54.9 Å². The van der Waals surface area contributed by atoms with Crippen molar-refractivity contribution in [3.63, 3.8) is 0 Å². The minimum atomic E-state index is -0.241. The van der Waals surface area contributed by atoms with Gasteiger partial charge in [0.15, 0.2) is 5.11 Å². The summed E-state index contributed by atoms with van der Waals surface area (Å²) in [4.78, 5) is 12.2. The van der Waals surface area contributed by atoms with Crippen LogP contribution in [0.25, 0.3) is 0 Å². The normalized spacial score (nSPS) is 13.8. The molecule has 26 heavy (non-hydrogen) atoms. The Kier molecular flexibility index (Phi) is 6.44. The Hall–Kier alpha value is -2.60. The zero-order chi connectivity index (χ0) is 18.2. The van der Waals surface area contributed by atoms with E-state index in [1.54, 1.807) is 24.3 Å². The van der Waals surface area contributed by atoms with Crippen molar-refractivity contribution in [3.05, 3.63) is 65.7 Å². The van der Waals surface area contributed by atoms with Gasteiger partial charge in [-0.15, -0.1) is 0 Å². The number of amides is 1.